The highest BCUT2D eigenvalue weighted by Crippen LogP contribution is 2.10. The third-order valence-corrected chi connectivity index (χ3v) is 3.99. The molecule has 6 nitrogen and oxygen atoms in total. The Bertz CT molecular complexity index is 647. The molecule has 1 fully saturated rings. The van der Waals surface area contributed by atoms with E-state index in [4.69, 9.17) is 4.42 Å². The quantitative estimate of drug-likeness (QED) is 0.860. The monoisotopic (exact) mass is 313 g/mol. The molecule has 0 aromatic carbocycles. The molecular formula is C17H19N3O3. The molecule has 0 saturated carbocycles. The second-order valence-electron chi connectivity index (χ2n) is 5.49. The number of amides is 2. The number of carbonyl (C=O) groups excluding carboxylic acids is 2. The Morgan fingerprint density at radius 3 is 2.52 bits per heavy atom. The first kappa shape index (κ1) is 15.3. The minimum absolute atomic E-state index is 0.0271. The second kappa shape index (κ2) is 7.09. The number of aryl methyl sites for hydroxylation is 1. The molecule has 0 aliphatic carbocycles. The van der Waals surface area contributed by atoms with Gasteiger partial charge in [0.1, 0.15) is 5.76 Å². The number of rotatable bonds is 4. The van der Waals surface area contributed by atoms with Gasteiger partial charge < -0.3 is 14.2 Å². The summed E-state index contributed by atoms with van der Waals surface area (Å²) < 4.78 is 5.24. The fourth-order valence-electron chi connectivity index (χ4n) is 2.67. The van der Waals surface area contributed by atoms with Crippen molar-refractivity contribution in [2.75, 3.05) is 26.2 Å². The lowest BCUT2D eigenvalue weighted by atomic mass is 10.2. The van der Waals surface area contributed by atoms with Crippen molar-refractivity contribution in [3.8, 4) is 0 Å². The maximum absolute atomic E-state index is 12.3. The molecule has 6 heteroatoms. The van der Waals surface area contributed by atoms with E-state index >= 15 is 0 Å². The highest BCUT2D eigenvalue weighted by Gasteiger charge is 2.24. The van der Waals surface area contributed by atoms with E-state index in [9.17, 15) is 9.59 Å². The number of hydrogen-bond acceptors (Lipinski definition) is 4. The van der Waals surface area contributed by atoms with Gasteiger partial charge in [-0.3, -0.25) is 14.6 Å². The van der Waals surface area contributed by atoms with Crippen LogP contribution in [0.25, 0.3) is 0 Å². The summed E-state index contributed by atoms with van der Waals surface area (Å²) in [4.78, 5) is 32.1. The topological polar surface area (TPSA) is 66.7 Å². The largest absolute Gasteiger partial charge is 0.469 e. The lowest BCUT2D eigenvalue weighted by Crippen LogP contribution is -2.50. The van der Waals surface area contributed by atoms with E-state index in [1.165, 1.54) is 0 Å². The highest BCUT2D eigenvalue weighted by atomic mass is 16.3. The first-order valence-electron chi connectivity index (χ1n) is 7.73. The second-order valence-corrected chi connectivity index (χ2v) is 5.49. The zero-order valence-corrected chi connectivity index (χ0v) is 12.9. The maximum atomic E-state index is 12.3. The van der Waals surface area contributed by atoms with Crippen LogP contribution in [0.3, 0.4) is 0 Å². The number of piperazine rings is 1. The summed E-state index contributed by atoms with van der Waals surface area (Å²) in [5.41, 5.74) is 0.588. The van der Waals surface area contributed by atoms with Crippen LogP contribution < -0.4 is 0 Å². The smallest absolute Gasteiger partial charge is 0.255 e. The summed E-state index contributed by atoms with van der Waals surface area (Å²) in [6.07, 6.45) is 5.88. The van der Waals surface area contributed by atoms with E-state index in [-0.39, 0.29) is 11.8 Å². The van der Waals surface area contributed by atoms with E-state index in [0.717, 1.165) is 5.76 Å². The number of hydrogen-bond donors (Lipinski definition) is 0. The van der Waals surface area contributed by atoms with Crippen LogP contribution >= 0.6 is 0 Å². The standard InChI is InChI=1S/C17H19N3O3/c21-16(6-5-15-4-2-12-23-15)19-8-10-20(11-9-19)17(22)14-3-1-7-18-13-14/h1-4,7,12-13H,5-6,8-11H2. The van der Waals surface area contributed by atoms with Crippen molar-refractivity contribution >= 4 is 11.8 Å². The molecule has 2 aromatic rings. The van der Waals surface area contributed by atoms with Crippen LogP contribution in [-0.2, 0) is 11.2 Å². The molecule has 3 rings (SSSR count). The number of carbonyl (C=O) groups is 2. The normalized spacial score (nSPS) is 14.8. The molecule has 1 aliphatic rings. The fourth-order valence-corrected chi connectivity index (χ4v) is 2.67. The molecule has 2 amide bonds. The fraction of sp³-hybridized carbons (Fsp3) is 0.353. The average Bonchev–Trinajstić information content (AvgIpc) is 3.13. The molecule has 120 valence electrons. The maximum Gasteiger partial charge on any atom is 0.255 e. The number of aromatic nitrogens is 1. The van der Waals surface area contributed by atoms with Crippen LogP contribution in [0.4, 0.5) is 0 Å². The third kappa shape index (κ3) is 3.77. The molecule has 0 spiro atoms. The molecule has 1 aliphatic heterocycles. The van der Waals surface area contributed by atoms with Crippen LogP contribution in [0.15, 0.2) is 47.3 Å². The van der Waals surface area contributed by atoms with Crippen molar-refractivity contribution in [1.29, 1.82) is 0 Å². The van der Waals surface area contributed by atoms with Crippen molar-refractivity contribution in [3.63, 3.8) is 0 Å². The summed E-state index contributed by atoms with van der Waals surface area (Å²) in [5, 5.41) is 0. The van der Waals surface area contributed by atoms with E-state index in [1.54, 1.807) is 35.7 Å². The number of furan rings is 1. The van der Waals surface area contributed by atoms with Crippen LogP contribution in [0.1, 0.15) is 22.5 Å². The van der Waals surface area contributed by atoms with Crippen LogP contribution in [0.2, 0.25) is 0 Å². The summed E-state index contributed by atoms with van der Waals surface area (Å²) in [6, 6.07) is 7.21. The van der Waals surface area contributed by atoms with E-state index in [1.807, 2.05) is 17.0 Å². The van der Waals surface area contributed by atoms with Gasteiger partial charge in [0.25, 0.3) is 5.91 Å². The van der Waals surface area contributed by atoms with Crippen molar-refractivity contribution in [1.82, 2.24) is 14.8 Å². The zero-order chi connectivity index (χ0) is 16.1. The van der Waals surface area contributed by atoms with Crippen molar-refractivity contribution in [2.45, 2.75) is 12.8 Å². The van der Waals surface area contributed by atoms with Gasteiger partial charge in [0, 0.05) is 51.4 Å². The number of nitrogens with zero attached hydrogens (tertiary/aromatic N) is 3. The minimum atomic E-state index is -0.0271. The molecule has 3 heterocycles. The van der Waals surface area contributed by atoms with Gasteiger partial charge >= 0.3 is 0 Å². The highest BCUT2D eigenvalue weighted by molar-refractivity contribution is 5.94. The Balaban J connectivity index is 1.48. The van der Waals surface area contributed by atoms with Crippen LogP contribution in [0, 0.1) is 0 Å². The predicted octanol–water partition coefficient (Wildman–Crippen LogP) is 1.59. The van der Waals surface area contributed by atoms with Gasteiger partial charge in [-0.05, 0) is 24.3 Å². The molecule has 2 aromatic heterocycles. The van der Waals surface area contributed by atoms with Gasteiger partial charge in [-0.1, -0.05) is 0 Å². The Morgan fingerprint density at radius 1 is 1.09 bits per heavy atom. The summed E-state index contributed by atoms with van der Waals surface area (Å²) in [6.45, 7) is 2.26. The van der Waals surface area contributed by atoms with Gasteiger partial charge in [0.15, 0.2) is 0 Å². The van der Waals surface area contributed by atoms with Crippen molar-refractivity contribution in [3.05, 3.63) is 54.2 Å². The molecule has 23 heavy (non-hydrogen) atoms. The summed E-state index contributed by atoms with van der Waals surface area (Å²) in [7, 11) is 0. The van der Waals surface area contributed by atoms with Gasteiger partial charge in [-0.15, -0.1) is 0 Å². The Hall–Kier alpha value is -2.63. The minimum Gasteiger partial charge on any atom is -0.469 e. The van der Waals surface area contributed by atoms with Crippen LogP contribution in [-0.4, -0.2) is 52.8 Å². The Kier molecular flexibility index (Phi) is 4.71. The molecule has 0 N–H and O–H groups in total. The van der Waals surface area contributed by atoms with Gasteiger partial charge in [0.05, 0.1) is 11.8 Å². The van der Waals surface area contributed by atoms with Crippen molar-refractivity contribution in [2.24, 2.45) is 0 Å². The zero-order valence-electron chi connectivity index (χ0n) is 12.9. The first-order chi connectivity index (χ1) is 11.2. The number of pyridine rings is 1. The van der Waals surface area contributed by atoms with Gasteiger partial charge in [0.2, 0.25) is 5.91 Å². The van der Waals surface area contributed by atoms with Gasteiger partial charge in [-0.2, -0.15) is 0 Å². The third-order valence-electron chi connectivity index (χ3n) is 3.99. The lowest BCUT2D eigenvalue weighted by molar-refractivity contribution is -0.132. The van der Waals surface area contributed by atoms with E-state index < -0.39 is 0 Å². The average molecular weight is 313 g/mol. The SMILES string of the molecule is O=C(CCc1ccco1)N1CCN(C(=O)c2cccnc2)CC1. The molecule has 1 saturated heterocycles. The summed E-state index contributed by atoms with van der Waals surface area (Å²) in [5.74, 6) is 0.902. The summed E-state index contributed by atoms with van der Waals surface area (Å²) >= 11 is 0. The first-order valence-corrected chi connectivity index (χ1v) is 7.73. The molecular weight excluding hydrogens is 294 g/mol. The lowest BCUT2D eigenvalue weighted by Gasteiger charge is -2.34. The Morgan fingerprint density at radius 2 is 1.87 bits per heavy atom. The van der Waals surface area contributed by atoms with Gasteiger partial charge in [-0.25, -0.2) is 0 Å². The molecule has 0 radical (unpaired) electrons. The van der Waals surface area contributed by atoms with E-state index in [0.29, 0.717) is 44.6 Å². The molecule has 0 bridgehead atoms. The predicted molar refractivity (Wildman–Crippen MR) is 83.7 cm³/mol. The van der Waals surface area contributed by atoms with E-state index in [2.05, 4.69) is 4.98 Å². The molecule has 0 atom stereocenters. The van der Waals surface area contributed by atoms with Crippen LogP contribution in [0.5, 0.6) is 0 Å². The Labute approximate surface area is 134 Å². The molecule has 0 unspecified atom stereocenters. The van der Waals surface area contributed by atoms with Crippen molar-refractivity contribution < 1.29 is 14.0 Å².